The van der Waals surface area contributed by atoms with Gasteiger partial charge in [-0.15, -0.1) is 0 Å². The van der Waals surface area contributed by atoms with Crippen LogP contribution >= 0.6 is 0 Å². The summed E-state index contributed by atoms with van der Waals surface area (Å²) in [7, 11) is 2.81. The zero-order chi connectivity index (χ0) is 15.8. The molecule has 0 radical (unpaired) electrons. The first kappa shape index (κ1) is 17.1. The molecule has 0 saturated carbocycles. The van der Waals surface area contributed by atoms with Crippen LogP contribution < -0.4 is 9.47 Å². The number of hydrogen-bond donors (Lipinski definition) is 1. The molecular formula is C15H23NO5. The molecule has 0 saturated heterocycles. The fourth-order valence-corrected chi connectivity index (χ4v) is 1.90. The number of ether oxygens (including phenoxy) is 3. The molecule has 0 unspecified atom stereocenters. The lowest BCUT2D eigenvalue weighted by molar-refractivity contribution is 0.0465. The first-order chi connectivity index (χ1) is 10.1. The van der Waals surface area contributed by atoms with Crippen molar-refractivity contribution < 1.29 is 24.1 Å². The highest BCUT2D eigenvalue weighted by Crippen LogP contribution is 2.37. The molecule has 1 N–H and O–H groups in total. The van der Waals surface area contributed by atoms with E-state index >= 15 is 0 Å². The molecule has 0 aromatic heterocycles. The number of aromatic hydroxyl groups is 1. The maximum Gasteiger partial charge on any atom is 0.338 e. The summed E-state index contributed by atoms with van der Waals surface area (Å²) in [5.41, 5.74) is 0.279. The molecule has 6 heteroatoms. The highest BCUT2D eigenvalue weighted by atomic mass is 16.5. The van der Waals surface area contributed by atoms with Crippen LogP contribution in [0.2, 0.25) is 0 Å². The van der Waals surface area contributed by atoms with Crippen molar-refractivity contribution in [3.8, 4) is 17.2 Å². The zero-order valence-corrected chi connectivity index (χ0v) is 13.0. The van der Waals surface area contributed by atoms with Gasteiger partial charge in [0.25, 0.3) is 0 Å². The molecule has 1 aromatic rings. The Bertz CT molecular complexity index is 446. The van der Waals surface area contributed by atoms with Gasteiger partial charge in [-0.2, -0.15) is 0 Å². The number of likely N-dealkylation sites (N-methyl/N-ethyl adjacent to an activating group) is 1. The van der Waals surface area contributed by atoms with Gasteiger partial charge in [0.1, 0.15) is 6.61 Å². The summed E-state index contributed by atoms with van der Waals surface area (Å²) in [6.45, 7) is 6.93. The van der Waals surface area contributed by atoms with E-state index in [0.29, 0.717) is 13.2 Å². The largest absolute Gasteiger partial charge is 0.502 e. The van der Waals surface area contributed by atoms with Crippen molar-refractivity contribution >= 4 is 5.97 Å². The number of methoxy groups -OCH3 is 2. The predicted octanol–water partition coefficient (Wildman–Crippen LogP) is 1.91. The average molecular weight is 297 g/mol. The molecule has 0 aliphatic rings. The summed E-state index contributed by atoms with van der Waals surface area (Å²) in [5, 5.41) is 9.80. The molecule has 21 heavy (non-hydrogen) atoms. The summed E-state index contributed by atoms with van der Waals surface area (Å²) in [6, 6.07) is 2.86. The molecule has 118 valence electrons. The van der Waals surface area contributed by atoms with E-state index < -0.39 is 5.97 Å². The Morgan fingerprint density at radius 1 is 1.14 bits per heavy atom. The second kappa shape index (κ2) is 8.36. The Hall–Kier alpha value is -1.95. The number of hydrogen-bond acceptors (Lipinski definition) is 6. The first-order valence-corrected chi connectivity index (χ1v) is 6.91. The van der Waals surface area contributed by atoms with Gasteiger partial charge in [-0.05, 0) is 25.2 Å². The fourth-order valence-electron chi connectivity index (χ4n) is 1.90. The quantitative estimate of drug-likeness (QED) is 0.739. The summed E-state index contributed by atoms with van der Waals surface area (Å²) in [6.07, 6.45) is 0. The van der Waals surface area contributed by atoms with Crippen molar-refractivity contribution in [1.29, 1.82) is 0 Å². The lowest BCUT2D eigenvalue weighted by atomic mass is 10.2. The SMILES string of the molecule is CCN(CC)CCOC(=O)c1cc(OC)c(O)c(OC)c1. The van der Waals surface area contributed by atoms with Gasteiger partial charge in [0.05, 0.1) is 19.8 Å². The van der Waals surface area contributed by atoms with Crippen molar-refractivity contribution in [2.45, 2.75) is 13.8 Å². The van der Waals surface area contributed by atoms with E-state index in [1.807, 2.05) is 0 Å². The molecule has 0 heterocycles. The Morgan fingerprint density at radius 2 is 1.67 bits per heavy atom. The van der Waals surface area contributed by atoms with Crippen LogP contribution in [0.15, 0.2) is 12.1 Å². The van der Waals surface area contributed by atoms with Crippen LogP contribution in [0, 0.1) is 0 Å². The van der Waals surface area contributed by atoms with Crippen molar-refractivity contribution in [3.05, 3.63) is 17.7 Å². The molecule has 0 amide bonds. The first-order valence-electron chi connectivity index (χ1n) is 6.91. The number of phenolic OH excluding ortho intramolecular Hbond substituents is 1. The number of nitrogens with zero attached hydrogens (tertiary/aromatic N) is 1. The molecular weight excluding hydrogens is 274 g/mol. The van der Waals surface area contributed by atoms with Crippen LogP contribution in [0.5, 0.6) is 17.2 Å². The Balaban J connectivity index is 2.74. The third kappa shape index (κ3) is 4.53. The minimum absolute atomic E-state index is 0.139. The number of esters is 1. The number of rotatable bonds is 8. The van der Waals surface area contributed by atoms with Gasteiger partial charge >= 0.3 is 5.97 Å². The number of benzene rings is 1. The second-order valence-electron chi connectivity index (χ2n) is 4.39. The number of carbonyl (C=O) groups excluding carboxylic acids is 1. The van der Waals surface area contributed by atoms with Crippen molar-refractivity contribution in [2.75, 3.05) is 40.5 Å². The van der Waals surface area contributed by atoms with Crippen molar-refractivity contribution in [3.63, 3.8) is 0 Å². The van der Waals surface area contributed by atoms with E-state index in [9.17, 15) is 9.90 Å². The maximum absolute atomic E-state index is 12.0. The molecule has 0 fully saturated rings. The van der Waals surface area contributed by atoms with E-state index in [4.69, 9.17) is 14.2 Å². The maximum atomic E-state index is 12.0. The Labute approximate surface area is 125 Å². The van der Waals surface area contributed by atoms with E-state index in [2.05, 4.69) is 18.7 Å². The van der Waals surface area contributed by atoms with E-state index in [-0.39, 0.29) is 22.8 Å². The third-order valence-corrected chi connectivity index (χ3v) is 3.25. The van der Waals surface area contributed by atoms with Gasteiger partial charge in [0.15, 0.2) is 11.5 Å². The van der Waals surface area contributed by atoms with Crippen LogP contribution in [0.1, 0.15) is 24.2 Å². The summed E-state index contributed by atoms with van der Waals surface area (Å²) in [5.74, 6) is -0.270. The van der Waals surface area contributed by atoms with Gasteiger partial charge in [0.2, 0.25) is 5.75 Å². The van der Waals surface area contributed by atoms with Crippen molar-refractivity contribution in [2.24, 2.45) is 0 Å². The van der Waals surface area contributed by atoms with Gasteiger partial charge < -0.3 is 24.2 Å². The topological polar surface area (TPSA) is 68.2 Å². The molecule has 0 bridgehead atoms. The molecule has 0 aliphatic heterocycles. The highest BCUT2D eigenvalue weighted by molar-refractivity contribution is 5.91. The fraction of sp³-hybridized carbons (Fsp3) is 0.533. The van der Waals surface area contributed by atoms with E-state index in [0.717, 1.165) is 13.1 Å². The lowest BCUT2D eigenvalue weighted by Gasteiger charge is -2.17. The second-order valence-corrected chi connectivity index (χ2v) is 4.39. The molecule has 0 spiro atoms. The molecule has 0 atom stereocenters. The van der Waals surface area contributed by atoms with Crippen molar-refractivity contribution in [1.82, 2.24) is 4.90 Å². The van der Waals surface area contributed by atoms with Crippen LogP contribution in [0.25, 0.3) is 0 Å². The monoisotopic (exact) mass is 297 g/mol. The van der Waals surface area contributed by atoms with Gasteiger partial charge in [-0.25, -0.2) is 4.79 Å². The number of carbonyl (C=O) groups is 1. The summed E-state index contributed by atoms with van der Waals surface area (Å²) < 4.78 is 15.2. The minimum atomic E-state index is -0.473. The zero-order valence-electron chi connectivity index (χ0n) is 13.0. The van der Waals surface area contributed by atoms with Crippen LogP contribution in [-0.4, -0.2) is 56.4 Å². The summed E-state index contributed by atoms with van der Waals surface area (Å²) >= 11 is 0. The lowest BCUT2D eigenvalue weighted by Crippen LogP contribution is -2.27. The molecule has 1 rings (SSSR count). The van der Waals surface area contributed by atoms with Gasteiger partial charge in [-0.1, -0.05) is 13.8 Å². The minimum Gasteiger partial charge on any atom is -0.502 e. The molecule has 0 aliphatic carbocycles. The Kier molecular flexibility index (Phi) is 6.81. The third-order valence-electron chi connectivity index (χ3n) is 3.25. The van der Waals surface area contributed by atoms with Gasteiger partial charge in [0, 0.05) is 6.54 Å². The smallest absolute Gasteiger partial charge is 0.338 e. The van der Waals surface area contributed by atoms with Gasteiger partial charge in [-0.3, -0.25) is 0 Å². The number of phenols is 1. The molecule has 1 aromatic carbocycles. The summed E-state index contributed by atoms with van der Waals surface area (Å²) in [4.78, 5) is 14.2. The predicted molar refractivity (Wildman–Crippen MR) is 79.3 cm³/mol. The Morgan fingerprint density at radius 3 is 2.10 bits per heavy atom. The molecule has 6 nitrogen and oxygen atoms in total. The highest BCUT2D eigenvalue weighted by Gasteiger charge is 2.16. The van der Waals surface area contributed by atoms with E-state index in [1.54, 1.807) is 0 Å². The normalized spacial score (nSPS) is 10.5. The van der Waals surface area contributed by atoms with Crippen LogP contribution in [0.4, 0.5) is 0 Å². The van der Waals surface area contributed by atoms with E-state index in [1.165, 1.54) is 26.4 Å². The average Bonchev–Trinajstić information content (AvgIpc) is 2.51. The standard InChI is InChI=1S/C15H23NO5/c1-5-16(6-2)7-8-21-15(18)11-9-12(19-3)14(17)13(10-11)20-4/h9-10,17H,5-8H2,1-4H3. The van der Waals surface area contributed by atoms with Crippen LogP contribution in [-0.2, 0) is 4.74 Å². The van der Waals surface area contributed by atoms with Crippen LogP contribution in [0.3, 0.4) is 0 Å².